The third-order valence-corrected chi connectivity index (χ3v) is 2.80. The SMILES string of the molecule is CCCCCCCCOc1ccc(OC([NH])=O)cc1. The van der Waals surface area contributed by atoms with E-state index < -0.39 is 6.09 Å². The lowest BCUT2D eigenvalue weighted by Gasteiger charge is -2.07. The van der Waals surface area contributed by atoms with Gasteiger partial charge in [-0.1, -0.05) is 39.0 Å². The number of unbranched alkanes of at least 4 members (excludes halogenated alkanes) is 5. The Morgan fingerprint density at radius 2 is 1.58 bits per heavy atom. The predicted molar refractivity (Wildman–Crippen MR) is 74.4 cm³/mol. The second-order valence-corrected chi connectivity index (χ2v) is 4.48. The van der Waals surface area contributed by atoms with E-state index in [1.807, 2.05) is 0 Å². The highest BCUT2D eigenvalue weighted by Crippen LogP contribution is 2.18. The Kier molecular flexibility index (Phi) is 7.47. The van der Waals surface area contributed by atoms with Gasteiger partial charge in [0.1, 0.15) is 11.5 Å². The summed E-state index contributed by atoms with van der Waals surface area (Å²) in [5, 5.41) is 0. The Balaban J connectivity index is 2.14. The molecule has 0 heterocycles. The molecule has 0 unspecified atom stereocenters. The normalized spacial score (nSPS) is 10.2. The lowest BCUT2D eigenvalue weighted by Crippen LogP contribution is -2.05. The summed E-state index contributed by atoms with van der Waals surface area (Å²) in [5.74, 6) is 1.13. The van der Waals surface area contributed by atoms with Crippen molar-refractivity contribution in [2.24, 2.45) is 0 Å². The molecule has 105 valence electrons. The zero-order valence-corrected chi connectivity index (χ0v) is 11.5. The number of nitrogens with one attached hydrogen (secondary N) is 1. The summed E-state index contributed by atoms with van der Waals surface area (Å²) in [4.78, 5) is 10.4. The summed E-state index contributed by atoms with van der Waals surface area (Å²) in [6, 6.07) is 6.75. The quantitative estimate of drug-likeness (QED) is 0.628. The zero-order valence-electron chi connectivity index (χ0n) is 11.5. The van der Waals surface area contributed by atoms with Crippen LogP contribution in [0.2, 0.25) is 0 Å². The summed E-state index contributed by atoms with van der Waals surface area (Å²) >= 11 is 0. The molecule has 0 saturated carbocycles. The Hall–Kier alpha value is -1.71. The first-order valence-electron chi connectivity index (χ1n) is 6.88. The average Bonchev–Trinajstić information content (AvgIpc) is 2.39. The number of ether oxygens (including phenoxy) is 2. The molecule has 19 heavy (non-hydrogen) atoms. The van der Waals surface area contributed by atoms with E-state index in [0.717, 1.165) is 12.2 Å². The minimum absolute atomic E-state index is 0.368. The third kappa shape index (κ3) is 7.34. The summed E-state index contributed by atoms with van der Waals surface area (Å²) in [6.07, 6.45) is 6.38. The number of amides is 1. The molecule has 4 heteroatoms. The van der Waals surface area contributed by atoms with Crippen molar-refractivity contribution in [2.45, 2.75) is 45.4 Å². The van der Waals surface area contributed by atoms with E-state index in [4.69, 9.17) is 10.5 Å². The van der Waals surface area contributed by atoms with Crippen LogP contribution in [-0.2, 0) is 0 Å². The lowest BCUT2D eigenvalue weighted by atomic mass is 10.1. The van der Waals surface area contributed by atoms with Crippen LogP contribution in [0.1, 0.15) is 45.4 Å². The number of rotatable bonds is 9. The standard InChI is InChI=1S/C15H22NO3/c1-2-3-4-5-6-7-12-18-13-8-10-14(11-9-13)19-15(16)17/h8-11,16H,2-7,12H2,1H3. The van der Waals surface area contributed by atoms with Gasteiger partial charge < -0.3 is 9.47 Å². The van der Waals surface area contributed by atoms with Crippen LogP contribution in [0.3, 0.4) is 0 Å². The van der Waals surface area contributed by atoms with Crippen LogP contribution in [-0.4, -0.2) is 12.7 Å². The monoisotopic (exact) mass is 264 g/mol. The van der Waals surface area contributed by atoms with Gasteiger partial charge in [0.15, 0.2) is 0 Å². The number of carbonyl (C=O) groups is 1. The minimum atomic E-state index is -1.05. The Morgan fingerprint density at radius 3 is 2.21 bits per heavy atom. The van der Waals surface area contributed by atoms with Crippen LogP contribution < -0.4 is 15.2 Å². The number of benzene rings is 1. The number of carbonyl (C=O) groups excluding carboxylic acids is 1. The van der Waals surface area contributed by atoms with Crippen molar-refractivity contribution in [1.29, 1.82) is 0 Å². The van der Waals surface area contributed by atoms with Gasteiger partial charge in [-0.3, -0.25) is 0 Å². The lowest BCUT2D eigenvalue weighted by molar-refractivity contribution is 0.209. The highest BCUT2D eigenvalue weighted by molar-refractivity contribution is 5.67. The predicted octanol–water partition coefficient (Wildman–Crippen LogP) is 4.21. The maximum absolute atomic E-state index is 10.4. The minimum Gasteiger partial charge on any atom is -0.494 e. The molecule has 1 amide bonds. The molecule has 1 N–H and O–H groups in total. The molecular formula is C15H22NO3. The van der Waals surface area contributed by atoms with Crippen LogP contribution in [0.5, 0.6) is 11.5 Å². The van der Waals surface area contributed by atoms with Gasteiger partial charge in [-0.15, -0.1) is 0 Å². The third-order valence-electron chi connectivity index (χ3n) is 2.80. The average molecular weight is 264 g/mol. The van der Waals surface area contributed by atoms with Crippen LogP contribution in [0.25, 0.3) is 0 Å². The summed E-state index contributed by atoms with van der Waals surface area (Å²) in [6.45, 7) is 2.93. The Bertz CT molecular complexity index is 362. The van der Waals surface area contributed by atoms with Gasteiger partial charge in [-0.25, -0.2) is 10.5 Å². The van der Waals surface area contributed by atoms with Gasteiger partial charge in [0.25, 0.3) is 0 Å². The molecule has 0 bridgehead atoms. The molecule has 1 radical (unpaired) electrons. The van der Waals surface area contributed by atoms with Crippen molar-refractivity contribution >= 4 is 6.09 Å². The fraction of sp³-hybridized carbons (Fsp3) is 0.533. The smallest absolute Gasteiger partial charge is 0.431 e. The molecule has 1 rings (SSSR count). The van der Waals surface area contributed by atoms with Gasteiger partial charge in [-0.2, -0.15) is 0 Å². The van der Waals surface area contributed by atoms with Crippen LogP contribution in [0.15, 0.2) is 24.3 Å². The molecule has 1 aromatic carbocycles. The molecule has 1 aromatic rings. The molecule has 0 spiro atoms. The first kappa shape index (κ1) is 15.3. The van der Waals surface area contributed by atoms with Crippen molar-refractivity contribution in [1.82, 2.24) is 5.73 Å². The first-order chi connectivity index (χ1) is 9.22. The second-order valence-electron chi connectivity index (χ2n) is 4.48. The van der Waals surface area contributed by atoms with Gasteiger partial charge >= 0.3 is 6.09 Å². The maximum atomic E-state index is 10.4. The largest absolute Gasteiger partial charge is 0.494 e. The number of hydrogen-bond donors (Lipinski definition) is 0. The fourth-order valence-electron chi connectivity index (χ4n) is 1.78. The molecular weight excluding hydrogens is 242 g/mol. The topological polar surface area (TPSA) is 59.3 Å². The summed E-state index contributed by atoms with van der Waals surface area (Å²) in [7, 11) is 0. The van der Waals surface area contributed by atoms with Gasteiger partial charge in [0, 0.05) is 0 Å². The van der Waals surface area contributed by atoms with Crippen molar-refractivity contribution in [3.63, 3.8) is 0 Å². The highest BCUT2D eigenvalue weighted by atomic mass is 16.5. The van der Waals surface area contributed by atoms with E-state index in [-0.39, 0.29) is 0 Å². The molecule has 4 nitrogen and oxygen atoms in total. The Morgan fingerprint density at radius 1 is 1.00 bits per heavy atom. The van der Waals surface area contributed by atoms with Crippen LogP contribution in [0.4, 0.5) is 4.79 Å². The van der Waals surface area contributed by atoms with Crippen molar-refractivity contribution in [3.8, 4) is 11.5 Å². The second kappa shape index (κ2) is 9.25. The van der Waals surface area contributed by atoms with Crippen LogP contribution in [0, 0.1) is 0 Å². The molecule has 0 aromatic heterocycles. The highest BCUT2D eigenvalue weighted by Gasteiger charge is 2.00. The summed E-state index contributed by atoms with van der Waals surface area (Å²) in [5.41, 5.74) is 6.68. The summed E-state index contributed by atoms with van der Waals surface area (Å²) < 4.78 is 10.2. The molecule has 0 atom stereocenters. The van der Waals surface area contributed by atoms with E-state index >= 15 is 0 Å². The maximum Gasteiger partial charge on any atom is 0.431 e. The van der Waals surface area contributed by atoms with Gasteiger partial charge in [0.05, 0.1) is 6.61 Å². The number of hydrogen-bond acceptors (Lipinski definition) is 3. The van der Waals surface area contributed by atoms with Crippen molar-refractivity contribution in [3.05, 3.63) is 24.3 Å². The van der Waals surface area contributed by atoms with Crippen molar-refractivity contribution < 1.29 is 14.3 Å². The fourth-order valence-corrected chi connectivity index (χ4v) is 1.78. The molecule has 0 aliphatic heterocycles. The Labute approximate surface area is 114 Å². The zero-order chi connectivity index (χ0) is 13.9. The van der Waals surface area contributed by atoms with Gasteiger partial charge in [-0.05, 0) is 30.7 Å². The van der Waals surface area contributed by atoms with E-state index in [0.29, 0.717) is 12.4 Å². The molecule has 0 saturated heterocycles. The molecule has 0 fully saturated rings. The van der Waals surface area contributed by atoms with Gasteiger partial charge in [0.2, 0.25) is 0 Å². The van der Waals surface area contributed by atoms with E-state index in [1.54, 1.807) is 24.3 Å². The van der Waals surface area contributed by atoms with E-state index in [1.165, 1.54) is 32.1 Å². The van der Waals surface area contributed by atoms with E-state index in [2.05, 4.69) is 11.7 Å². The first-order valence-corrected chi connectivity index (χ1v) is 6.88. The van der Waals surface area contributed by atoms with Crippen LogP contribution >= 0.6 is 0 Å². The van der Waals surface area contributed by atoms with Crippen molar-refractivity contribution in [2.75, 3.05) is 6.61 Å². The molecule has 0 aliphatic carbocycles. The van der Waals surface area contributed by atoms with E-state index in [9.17, 15) is 4.79 Å². The molecule has 0 aliphatic rings.